The molecule has 1 aromatic heterocycles. The average molecular weight is 167 g/mol. The summed E-state index contributed by atoms with van der Waals surface area (Å²) in [5.74, 6) is -0.282. The molecule has 2 rings (SSSR count). The second kappa shape index (κ2) is 2.17. The Bertz CT molecular complexity index is 329. The number of ketones is 1. The summed E-state index contributed by atoms with van der Waals surface area (Å²) in [6.07, 6.45) is -0.0102. The fourth-order valence-electron chi connectivity index (χ4n) is 1.04. The van der Waals surface area contributed by atoms with Crippen LogP contribution in [-0.4, -0.2) is 11.7 Å². The first-order chi connectivity index (χ1) is 5.27. The molecular formula is C7H5NO2S. The summed E-state index contributed by atoms with van der Waals surface area (Å²) in [5, 5.41) is 5.12. The Morgan fingerprint density at radius 2 is 2.27 bits per heavy atom. The monoisotopic (exact) mass is 167 g/mol. The predicted molar refractivity (Wildman–Crippen MR) is 41.9 cm³/mol. The van der Waals surface area contributed by atoms with E-state index in [-0.39, 0.29) is 18.1 Å². The summed E-state index contributed by atoms with van der Waals surface area (Å²) in [7, 11) is 0. The Balaban J connectivity index is 2.52. The van der Waals surface area contributed by atoms with E-state index in [1.165, 1.54) is 11.3 Å². The Hall–Kier alpha value is -1.16. The summed E-state index contributed by atoms with van der Waals surface area (Å²) < 4.78 is 0. The highest BCUT2D eigenvalue weighted by atomic mass is 32.1. The van der Waals surface area contributed by atoms with E-state index in [1.54, 1.807) is 11.4 Å². The number of Topliss-reactive ketones (excluding diaryl/α,β-unsaturated/α-hetero) is 1. The van der Waals surface area contributed by atoms with E-state index >= 15 is 0 Å². The van der Waals surface area contributed by atoms with Gasteiger partial charge in [0, 0.05) is 0 Å². The third-order valence-corrected chi connectivity index (χ3v) is 2.37. The van der Waals surface area contributed by atoms with Crippen LogP contribution in [0.2, 0.25) is 0 Å². The zero-order valence-electron chi connectivity index (χ0n) is 5.59. The summed E-state index contributed by atoms with van der Waals surface area (Å²) in [6.45, 7) is 0. The third-order valence-electron chi connectivity index (χ3n) is 1.54. The third kappa shape index (κ3) is 0.952. The van der Waals surface area contributed by atoms with Gasteiger partial charge in [-0.25, -0.2) is 0 Å². The van der Waals surface area contributed by atoms with Crippen LogP contribution in [0.3, 0.4) is 0 Å². The quantitative estimate of drug-likeness (QED) is 0.591. The molecule has 0 radical (unpaired) electrons. The maximum absolute atomic E-state index is 11.1. The molecule has 0 aliphatic carbocycles. The average Bonchev–Trinajstić information content (AvgIpc) is 2.34. The Morgan fingerprint density at radius 1 is 1.45 bits per heavy atom. The molecule has 1 amide bonds. The molecule has 0 spiro atoms. The SMILES string of the molecule is O=C1CC(=O)c2ccsc2N1. The number of nitrogens with one attached hydrogen (secondary N) is 1. The smallest absolute Gasteiger partial charge is 0.232 e. The minimum absolute atomic E-state index is 0.0102. The van der Waals surface area contributed by atoms with Crippen molar-refractivity contribution in [1.29, 1.82) is 0 Å². The summed E-state index contributed by atoms with van der Waals surface area (Å²) in [6, 6.07) is 1.74. The van der Waals surface area contributed by atoms with Crippen molar-refractivity contribution in [3.63, 3.8) is 0 Å². The van der Waals surface area contributed by atoms with Crippen molar-refractivity contribution < 1.29 is 9.59 Å². The number of amides is 1. The molecule has 11 heavy (non-hydrogen) atoms. The minimum Gasteiger partial charge on any atom is -0.317 e. The summed E-state index contributed by atoms with van der Waals surface area (Å²) in [5.41, 5.74) is 0.648. The number of fused-ring (bicyclic) bond motifs is 1. The lowest BCUT2D eigenvalue weighted by atomic mass is 10.1. The topological polar surface area (TPSA) is 46.2 Å². The molecule has 0 saturated carbocycles. The summed E-state index contributed by atoms with van der Waals surface area (Å²) >= 11 is 1.38. The van der Waals surface area contributed by atoms with E-state index in [2.05, 4.69) is 5.32 Å². The van der Waals surface area contributed by atoms with Gasteiger partial charge in [-0.1, -0.05) is 0 Å². The van der Waals surface area contributed by atoms with Crippen molar-refractivity contribution >= 4 is 28.0 Å². The second-order valence-corrected chi connectivity index (χ2v) is 3.23. The minimum atomic E-state index is -0.204. The van der Waals surface area contributed by atoms with Crippen LogP contribution < -0.4 is 5.32 Å². The molecule has 1 aliphatic rings. The molecule has 0 bridgehead atoms. The van der Waals surface area contributed by atoms with Crippen molar-refractivity contribution in [2.24, 2.45) is 0 Å². The van der Waals surface area contributed by atoms with E-state index in [9.17, 15) is 9.59 Å². The van der Waals surface area contributed by atoms with Crippen LogP contribution in [0.25, 0.3) is 0 Å². The van der Waals surface area contributed by atoms with Gasteiger partial charge in [-0.15, -0.1) is 11.3 Å². The van der Waals surface area contributed by atoms with Crippen LogP contribution >= 0.6 is 11.3 Å². The number of hydrogen-bond acceptors (Lipinski definition) is 3. The van der Waals surface area contributed by atoms with Gasteiger partial charge >= 0.3 is 0 Å². The van der Waals surface area contributed by atoms with Crippen molar-refractivity contribution in [2.45, 2.75) is 6.42 Å². The molecule has 0 saturated heterocycles. The van der Waals surface area contributed by atoms with Gasteiger partial charge in [0.2, 0.25) is 5.91 Å². The second-order valence-electron chi connectivity index (χ2n) is 2.31. The molecule has 1 aromatic rings. The first-order valence-electron chi connectivity index (χ1n) is 3.18. The number of carbonyl (C=O) groups is 2. The fraction of sp³-hybridized carbons (Fsp3) is 0.143. The zero-order valence-corrected chi connectivity index (χ0v) is 6.40. The van der Waals surface area contributed by atoms with E-state index in [0.717, 1.165) is 0 Å². The molecule has 4 heteroatoms. The molecular weight excluding hydrogens is 162 g/mol. The van der Waals surface area contributed by atoms with Crippen molar-refractivity contribution in [3.8, 4) is 0 Å². The molecule has 0 fully saturated rings. The molecule has 0 aromatic carbocycles. The highest BCUT2D eigenvalue weighted by molar-refractivity contribution is 7.14. The van der Waals surface area contributed by atoms with Crippen LogP contribution in [0.4, 0.5) is 5.00 Å². The van der Waals surface area contributed by atoms with Crippen molar-refractivity contribution in [3.05, 3.63) is 17.0 Å². The van der Waals surface area contributed by atoms with Gasteiger partial charge in [-0.2, -0.15) is 0 Å². The maximum Gasteiger partial charge on any atom is 0.232 e. The zero-order chi connectivity index (χ0) is 7.84. The predicted octanol–water partition coefficient (Wildman–Crippen LogP) is 1.27. The molecule has 0 unspecified atom stereocenters. The Morgan fingerprint density at radius 3 is 3.09 bits per heavy atom. The van der Waals surface area contributed by atoms with E-state index in [0.29, 0.717) is 10.6 Å². The summed E-state index contributed by atoms with van der Waals surface area (Å²) in [4.78, 5) is 21.9. The maximum atomic E-state index is 11.1. The molecule has 56 valence electrons. The van der Waals surface area contributed by atoms with Gasteiger partial charge in [-0.3, -0.25) is 9.59 Å². The first-order valence-corrected chi connectivity index (χ1v) is 4.06. The lowest BCUT2D eigenvalue weighted by molar-refractivity contribution is -0.115. The highest BCUT2D eigenvalue weighted by Crippen LogP contribution is 2.27. The normalized spacial score (nSPS) is 16.0. The van der Waals surface area contributed by atoms with E-state index in [1.807, 2.05) is 0 Å². The largest absolute Gasteiger partial charge is 0.317 e. The number of carbonyl (C=O) groups excluding carboxylic acids is 2. The first kappa shape index (κ1) is 6.54. The van der Waals surface area contributed by atoms with Gasteiger partial charge in [0.05, 0.1) is 12.0 Å². The van der Waals surface area contributed by atoms with E-state index in [4.69, 9.17) is 0 Å². The standard InChI is InChI=1S/C7H5NO2S/c9-5-3-6(10)8-7-4(5)1-2-11-7/h1-2H,3H2,(H,8,10). The van der Waals surface area contributed by atoms with Crippen molar-refractivity contribution in [1.82, 2.24) is 0 Å². The lowest BCUT2D eigenvalue weighted by Crippen LogP contribution is -2.22. The van der Waals surface area contributed by atoms with E-state index < -0.39 is 0 Å². The molecule has 1 N–H and O–H groups in total. The number of rotatable bonds is 0. The Kier molecular flexibility index (Phi) is 1.29. The van der Waals surface area contributed by atoms with Crippen molar-refractivity contribution in [2.75, 3.05) is 5.32 Å². The lowest BCUT2D eigenvalue weighted by Gasteiger charge is -2.09. The fourth-order valence-corrected chi connectivity index (χ4v) is 1.86. The molecule has 2 heterocycles. The highest BCUT2D eigenvalue weighted by Gasteiger charge is 2.22. The van der Waals surface area contributed by atoms with Gasteiger partial charge in [0.1, 0.15) is 5.00 Å². The van der Waals surface area contributed by atoms with Crippen LogP contribution in [-0.2, 0) is 4.79 Å². The number of hydrogen-bond donors (Lipinski definition) is 1. The number of thiophene rings is 1. The molecule has 3 nitrogen and oxygen atoms in total. The van der Waals surface area contributed by atoms with Gasteiger partial charge in [-0.05, 0) is 11.4 Å². The van der Waals surface area contributed by atoms with Crippen LogP contribution in [0, 0.1) is 0 Å². The molecule has 0 atom stereocenters. The number of anilines is 1. The Labute approximate surface area is 67.0 Å². The van der Waals surface area contributed by atoms with Crippen LogP contribution in [0.15, 0.2) is 11.4 Å². The van der Waals surface area contributed by atoms with Crippen LogP contribution in [0.1, 0.15) is 16.8 Å². The van der Waals surface area contributed by atoms with Gasteiger partial charge in [0.25, 0.3) is 0 Å². The van der Waals surface area contributed by atoms with Gasteiger partial charge in [0.15, 0.2) is 5.78 Å². The van der Waals surface area contributed by atoms with Gasteiger partial charge < -0.3 is 5.32 Å². The molecule has 1 aliphatic heterocycles. The van der Waals surface area contributed by atoms with Crippen LogP contribution in [0.5, 0.6) is 0 Å².